The number of rotatable bonds is 4. The van der Waals surface area contributed by atoms with Gasteiger partial charge in [-0.2, -0.15) is 0 Å². The zero-order chi connectivity index (χ0) is 17.5. The van der Waals surface area contributed by atoms with Crippen molar-refractivity contribution in [3.63, 3.8) is 0 Å². The number of halogens is 1. The highest BCUT2D eigenvalue weighted by Crippen LogP contribution is 2.64. The van der Waals surface area contributed by atoms with E-state index in [9.17, 15) is 9.59 Å². The lowest BCUT2D eigenvalue weighted by atomic mass is 9.49. The van der Waals surface area contributed by atoms with E-state index < -0.39 is 0 Å². The second kappa shape index (κ2) is 6.86. The highest BCUT2D eigenvalue weighted by Gasteiger charge is 2.60. The van der Waals surface area contributed by atoms with Gasteiger partial charge in [-0.3, -0.25) is 9.59 Å². The van der Waals surface area contributed by atoms with E-state index >= 15 is 0 Å². The van der Waals surface area contributed by atoms with Gasteiger partial charge in [-0.05, 0) is 63.2 Å². The van der Waals surface area contributed by atoms with Crippen molar-refractivity contribution in [3.8, 4) is 0 Å². The van der Waals surface area contributed by atoms with Crippen LogP contribution in [0.5, 0.6) is 0 Å². The van der Waals surface area contributed by atoms with Crippen molar-refractivity contribution >= 4 is 27.8 Å². The minimum atomic E-state index is -0.337. The van der Waals surface area contributed by atoms with Gasteiger partial charge in [0.25, 0.3) is 5.91 Å². The fourth-order valence-corrected chi connectivity index (χ4v) is 7.82. The Bertz CT molecular complexity index is 527. The zero-order valence-corrected chi connectivity index (χ0v) is 16.6. The predicted octanol–water partition coefficient (Wildman–Crippen LogP) is 4.10. The number of alkyl halides is 1. The minimum Gasteiger partial charge on any atom is -0.455 e. The Morgan fingerprint density at radius 1 is 1.00 bits per heavy atom. The second-order valence-electron chi connectivity index (χ2n) is 9.22. The fraction of sp³-hybridized carbons (Fsp3) is 0.900. The molecular weight excluding hydrogens is 382 g/mol. The average Bonchev–Trinajstić information content (AvgIpc) is 2.79. The molecule has 0 aromatic heterocycles. The third-order valence-electron chi connectivity index (χ3n) is 6.98. The summed E-state index contributed by atoms with van der Waals surface area (Å²) in [5.41, 5.74) is -0.337. The van der Waals surface area contributed by atoms with E-state index in [2.05, 4.69) is 21.2 Å². The van der Waals surface area contributed by atoms with Crippen molar-refractivity contribution in [1.29, 1.82) is 0 Å². The summed E-state index contributed by atoms with van der Waals surface area (Å²) in [5, 5.41) is 3.07. The van der Waals surface area contributed by atoms with Crippen LogP contribution in [0, 0.1) is 17.3 Å². The van der Waals surface area contributed by atoms with Crippen molar-refractivity contribution in [2.24, 2.45) is 17.3 Å². The van der Waals surface area contributed by atoms with Crippen LogP contribution in [-0.2, 0) is 14.3 Å². The highest BCUT2D eigenvalue weighted by atomic mass is 79.9. The van der Waals surface area contributed by atoms with Gasteiger partial charge in [0, 0.05) is 10.4 Å². The molecule has 5 saturated carbocycles. The molecule has 0 saturated heterocycles. The molecule has 0 aromatic carbocycles. The van der Waals surface area contributed by atoms with E-state index in [-0.39, 0.29) is 34.3 Å². The van der Waals surface area contributed by atoms with Gasteiger partial charge < -0.3 is 10.1 Å². The number of esters is 1. The second-order valence-corrected chi connectivity index (χ2v) is 10.9. The molecule has 5 fully saturated rings. The lowest BCUT2D eigenvalue weighted by molar-refractivity contribution is -0.171. The SMILES string of the molecule is O=C(COC(=O)C12C[C@@H]3C[C@H](CC(Br)(C3)C1)C2)NC1CCCCCC1. The Labute approximate surface area is 159 Å². The Hall–Kier alpha value is -0.580. The number of hydrogen-bond donors (Lipinski definition) is 1. The molecule has 0 aromatic rings. The monoisotopic (exact) mass is 411 g/mol. The predicted molar refractivity (Wildman–Crippen MR) is 99.4 cm³/mol. The molecule has 0 spiro atoms. The van der Waals surface area contributed by atoms with E-state index in [0.29, 0.717) is 11.8 Å². The van der Waals surface area contributed by atoms with Crippen LogP contribution in [0.15, 0.2) is 0 Å². The third-order valence-corrected chi connectivity index (χ3v) is 7.91. The van der Waals surface area contributed by atoms with Gasteiger partial charge in [-0.15, -0.1) is 0 Å². The lowest BCUT2D eigenvalue weighted by Crippen LogP contribution is -2.56. The quantitative estimate of drug-likeness (QED) is 0.430. The summed E-state index contributed by atoms with van der Waals surface area (Å²) in [6, 6.07) is 0.263. The average molecular weight is 412 g/mol. The summed E-state index contributed by atoms with van der Waals surface area (Å²) in [5.74, 6) is 1.04. The van der Waals surface area contributed by atoms with Crippen LogP contribution in [0.2, 0.25) is 0 Å². The fourth-order valence-electron chi connectivity index (χ4n) is 6.37. The molecule has 5 aliphatic rings. The minimum absolute atomic E-state index is 0.109. The summed E-state index contributed by atoms with van der Waals surface area (Å²) >= 11 is 3.93. The smallest absolute Gasteiger partial charge is 0.312 e. The van der Waals surface area contributed by atoms with E-state index in [0.717, 1.165) is 32.1 Å². The standard InChI is InChI=1S/C20H30BrNO3/c21-20-10-14-7-15(11-20)9-19(8-14,13-20)18(24)25-12-17(23)22-16-5-3-1-2-4-6-16/h14-16H,1-13H2,(H,22,23)/t14-,15-,19?,20?/m0/s1. The lowest BCUT2D eigenvalue weighted by Gasteiger charge is -2.58. The summed E-state index contributed by atoms with van der Waals surface area (Å²) in [7, 11) is 0. The highest BCUT2D eigenvalue weighted by molar-refractivity contribution is 9.10. The normalized spacial score (nSPS) is 40.5. The first-order chi connectivity index (χ1) is 12.0. The largest absolute Gasteiger partial charge is 0.455 e. The van der Waals surface area contributed by atoms with Crippen LogP contribution < -0.4 is 5.32 Å². The molecule has 0 aliphatic heterocycles. The van der Waals surface area contributed by atoms with Gasteiger partial charge in [0.15, 0.2) is 6.61 Å². The van der Waals surface area contributed by atoms with Crippen LogP contribution in [-0.4, -0.2) is 28.8 Å². The molecule has 0 heterocycles. The molecule has 0 unspecified atom stereocenters. The van der Waals surface area contributed by atoms with Gasteiger partial charge in [0.05, 0.1) is 5.41 Å². The van der Waals surface area contributed by atoms with E-state index in [1.54, 1.807) is 0 Å². The maximum atomic E-state index is 12.9. The summed E-state index contributed by atoms with van der Waals surface area (Å²) in [6.45, 7) is -0.109. The first-order valence-corrected chi connectivity index (χ1v) is 10.9. The van der Waals surface area contributed by atoms with Crippen molar-refractivity contribution in [3.05, 3.63) is 0 Å². The maximum absolute atomic E-state index is 12.9. The van der Waals surface area contributed by atoms with Gasteiger partial charge in [-0.1, -0.05) is 41.6 Å². The van der Waals surface area contributed by atoms with Crippen LogP contribution in [0.1, 0.15) is 77.0 Å². The van der Waals surface area contributed by atoms with E-state index in [1.807, 2.05) is 0 Å². The number of carbonyl (C=O) groups excluding carboxylic acids is 2. The number of ether oxygens (including phenoxy) is 1. The van der Waals surface area contributed by atoms with E-state index in [1.165, 1.54) is 44.9 Å². The van der Waals surface area contributed by atoms with Crippen LogP contribution >= 0.6 is 15.9 Å². The number of nitrogens with one attached hydrogen (secondary N) is 1. The van der Waals surface area contributed by atoms with Crippen LogP contribution in [0.3, 0.4) is 0 Å². The van der Waals surface area contributed by atoms with Crippen LogP contribution in [0.4, 0.5) is 0 Å². The number of carbonyl (C=O) groups is 2. The topological polar surface area (TPSA) is 55.4 Å². The molecule has 0 radical (unpaired) electrons. The first-order valence-electron chi connectivity index (χ1n) is 10.1. The van der Waals surface area contributed by atoms with Crippen molar-refractivity contribution < 1.29 is 14.3 Å². The van der Waals surface area contributed by atoms with Crippen LogP contribution in [0.25, 0.3) is 0 Å². The van der Waals surface area contributed by atoms with Crippen molar-refractivity contribution in [2.75, 3.05) is 6.61 Å². The summed E-state index contributed by atoms with van der Waals surface area (Å²) in [4.78, 5) is 25.1. The molecule has 25 heavy (non-hydrogen) atoms. The summed E-state index contributed by atoms with van der Waals surface area (Å²) < 4.78 is 5.67. The van der Waals surface area contributed by atoms with Crippen molar-refractivity contribution in [1.82, 2.24) is 5.32 Å². The third kappa shape index (κ3) is 3.77. The Morgan fingerprint density at radius 3 is 2.24 bits per heavy atom. The van der Waals surface area contributed by atoms with E-state index in [4.69, 9.17) is 4.74 Å². The first kappa shape index (κ1) is 17.8. The number of hydrogen-bond acceptors (Lipinski definition) is 3. The van der Waals surface area contributed by atoms with Crippen molar-refractivity contribution in [2.45, 2.75) is 87.4 Å². The Morgan fingerprint density at radius 2 is 1.64 bits per heavy atom. The Balaban J connectivity index is 1.31. The summed E-state index contributed by atoms with van der Waals surface area (Å²) in [6.07, 6.45) is 13.5. The zero-order valence-electron chi connectivity index (χ0n) is 15.0. The Kier molecular flexibility index (Phi) is 4.89. The van der Waals surface area contributed by atoms with Gasteiger partial charge in [0.1, 0.15) is 0 Å². The van der Waals surface area contributed by atoms with Gasteiger partial charge >= 0.3 is 5.97 Å². The molecule has 1 N–H and O–H groups in total. The van der Waals surface area contributed by atoms with Gasteiger partial charge in [0.2, 0.25) is 0 Å². The molecule has 4 nitrogen and oxygen atoms in total. The molecule has 2 atom stereocenters. The number of amides is 1. The molecule has 1 amide bonds. The molecule has 4 bridgehead atoms. The molecule has 140 valence electrons. The molecule has 5 rings (SSSR count). The van der Waals surface area contributed by atoms with Gasteiger partial charge in [-0.25, -0.2) is 0 Å². The molecule has 5 aliphatic carbocycles. The maximum Gasteiger partial charge on any atom is 0.312 e. The molecule has 5 heteroatoms. The molecular formula is C20H30BrNO3.